The summed E-state index contributed by atoms with van der Waals surface area (Å²) in [5, 5.41) is 0. The number of pyridine rings is 1. The van der Waals surface area contributed by atoms with Gasteiger partial charge in [-0.1, -0.05) is 20.3 Å². The first-order valence-electron chi connectivity index (χ1n) is 6.17. The molecular weight excluding hydrogens is 198 g/mol. The number of unbranched alkanes of at least 4 members (excludes halogenated alkanes) is 1. The van der Waals surface area contributed by atoms with Crippen molar-refractivity contribution in [3.8, 4) is 0 Å². The van der Waals surface area contributed by atoms with Crippen molar-refractivity contribution < 1.29 is 0 Å². The third kappa shape index (κ3) is 3.40. The number of rotatable bonds is 6. The van der Waals surface area contributed by atoms with Gasteiger partial charge in [0.1, 0.15) is 5.82 Å². The monoisotopic (exact) mass is 221 g/mol. The number of hydrogen-bond donors (Lipinski definition) is 1. The zero-order chi connectivity index (χ0) is 12.0. The van der Waals surface area contributed by atoms with Crippen molar-refractivity contribution in [3.63, 3.8) is 0 Å². The third-order valence-electron chi connectivity index (χ3n) is 2.97. The summed E-state index contributed by atoms with van der Waals surface area (Å²) >= 11 is 0. The lowest BCUT2D eigenvalue weighted by atomic mass is 10.1. The molecule has 0 bridgehead atoms. The number of anilines is 2. The fourth-order valence-corrected chi connectivity index (χ4v) is 1.77. The van der Waals surface area contributed by atoms with Crippen molar-refractivity contribution in [1.29, 1.82) is 0 Å². The Bertz CT molecular complexity index is 312. The van der Waals surface area contributed by atoms with Crippen LogP contribution in [0.2, 0.25) is 0 Å². The van der Waals surface area contributed by atoms with Crippen LogP contribution in [0.25, 0.3) is 0 Å². The summed E-state index contributed by atoms with van der Waals surface area (Å²) in [6.45, 7) is 7.78. The van der Waals surface area contributed by atoms with E-state index in [-0.39, 0.29) is 0 Å². The van der Waals surface area contributed by atoms with Gasteiger partial charge < -0.3 is 10.6 Å². The molecule has 1 heterocycles. The summed E-state index contributed by atoms with van der Waals surface area (Å²) in [6.07, 6.45) is 5.36. The van der Waals surface area contributed by atoms with Crippen molar-refractivity contribution in [2.24, 2.45) is 0 Å². The molecule has 1 aromatic heterocycles. The van der Waals surface area contributed by atoms with E-state index in [1.165, 1.54) is 18.5 Å². The maximum absolute atomic E-state index is 5.73. The Balaban J connectivity index is 2.82. The van der Waals surface area contributed by atoms with Gasteiger partial charge in [-0.25, -0.2) is 4.98 Å². The van der Waals surface area contributed by atoms with Gasteiger partial charge in [-0.15, -0.1) is 0 Å². The van der Waals surface area contributed by atoms with E-state index >= 15 is 0 Å². The molecular formula is C13H23N3. The number of hydrogen-bond acceptors (Lipinski definition) is 3. The normalized spacial score (nSPS) is 12.4. The van der Waals surface area contributed by atoms with E-state index < -0.39 is 0 Å². The highest BCUT2D eigenvalue weighted by atomic mass is 15.2. The van der Waals surface area contributed by atoms with Crippen LogP contribution in [0.4, 0.5) is 11.5 Å². The Hall–Kier alpha value is -1.25. The van der Waals surface area contributed by atoms with E-state index in [1.807, 2.05) is 12.1 Å². The van der Waals surface area contributed by atoms with Crippen molar-refractivity contribution in [3.05, 3.63) is 18.3 Å². The molecule has 0 radical (unpaired) electrons. The van der Waals surface area contributed by atoms with Crippen molar-refractivity contribution in [2.45, 2.75) is 46.1 Å². The van der Waals surface area contributed by atoms with Gasteiger partial charge in [0.25, 0.3) is 0 Å². The van der Waals surface area contributed by atoms with Gasteiger partial charge in [0.05, 0.1) is 0 Å². The Morgan fingerprint density at radius 3 is 2.75 bits per heavy atom. The molecule has 0 saturated carbocycles. The van der Waals surface area contributed by atoms with Gasteiger partial charge in [-0.2, -0.15) is 0 Å². The molecule has 0 aliphatic heterocycles. The molecule has 1 atom stereocenters. The van der Waals surface area contributed by atoms with Crippen LogP contribution in [0.5, 0.6) is 0 Å². The second-order valence-electron chi connectivity index (χ2n) is 4.24. The predicted molar refractivity (Wildman–Crippen MR) is 70.7 cm³/mol. The summed E-state index contributed by atoms with van der Waals surface area (Å²) in [4.78, 5) is 6.46. The highest BCUT2D eigenvalue weighted by Crippen LogP contribution is 2.20. The van der Waals surface area contributed by atoms with Crippen LogP contribution in [0, 0.1) is 0 Å². The SMILES string of the molecule is CCCCN(c1ccnc(N)c1)C(C)CC. The van der Waals surface area contributed by atoms with Crippen LogP contribution in [-0.2, 0) is 0 Å². The molecule has 0 spiro atoms. The maximum atomic E-state index is 5.73. The molecule has 90 valence electrons. The molecule has 1 aromatic rings. The lowest BCUT2D eigenvalue weighted by Gasteiger charge is -2.30. The van der Waals surface area contributed by atoms with Crippen molar-refractivity contribution in [2.75, 3.05) is 17.2 Å². The largest absolute Gasteiger partial charge is 0.384 e. The number of nitrogen functional groups attached to an aromatic ring is 1. The Labute approximate surface area is 98.7 Å². The second-order valence-corrected chi connectivity index (χ2v) is 4.24. The summed E-state index contributed by atoms with van der Waals surface area (Å²) in [6, 6.07) is 4.55. The minimum Gasteiger partial charge on any atom is -0.384 e. The summed E-state index contributed by atoms with van der Waals surface area (Å²) in [5.41, 5.74) is 6.92. The lowest BCUT2D eigenvalue weighted by molar-refractivity contribution is 0.595. The first-order valence-corrected chi connectivity index (χ1v) is 6.17. The summed E-state index contributed by atoms with van der Waals surface area (Å²) in [7, 11) is 0. The average Bonchev–Trinajstić information content (AvgIpc) is 2.29. The Kier molecular flexibility index (Phi) is 5.09. The van der Waals surface area contributed by atoms with Gasteiger partial charge >= 0.3 is 0 Å². The van der Waals surface area contributed by atoms with Crippen LogP contribution < -0.4 is 10.6 Å². The van der Waals surface area contributed by atoms with E-state index in [0.29, 0.717) is 11.9 Å². The minimum atomic E-state index is 0.549. The molecule has 16 heavy (non-hydrogen) atoms. The van der Waals surface area contributed by atoms with Gasteiger partial charge in [-0.3, -0.25) is 0 Å². The molecule has 1 unspecified atom stereocenters. The fraction of sp³-hybridized carbons (Fsp3) is 0.615. The zero-order valence-electron chi connectivity index (χ0n) is 10.6. The number of nitrogens with zero attached hydrogens (tertiary/aromatic N) is 2. The van der Waals surface area contributed by atoms with E-state index in [0.717, 1.165) is 13.0 Å². The highest BCUT2D eigenvalue weighted by molar-refractivity contribution is 5.52. The standard InChI is InChI=1S/C13H23N3/c1-4-6-9-16(11(3)5-2)12-7-8-15-13(14)10-12/h7-8,10-11H,4-6,9H2,1-3H3,(H2,14,15). The van der Waals surface area contributed by atoms with E-state index in [1.54, 1.807) is 6.20 Å². The zero-order valence-corrected chi connectivity index (χ0v) is 10.6. The van der Waals surface area contributed by atoms with Crippen molar-refractivity contribution in [1.82, 2.24) is 4.98 Å². The molecule has 0 aromatic carbocycles. The van der Waals surface area contributed by atoms with Gasteiger partial charge in [0.2, 0.25) is 0 Å². The van der Waals surface area contributed by atoms with Crippen LogP contribution in [-0.4, -0.2) is 17.6 Å². The topological polar surface area (TPSA) is 42.2 Å². The van der Waals surface area contributed by atoms with E-state index in [2.05, 4.69) is 30.7 Å². The maximum Gasteiger partial charge on any atom is 0.125 e. The average molecular weight is 221 g/mol. The van der Waals surface area contributed by atoms with E-state index in [4.69, 9.17) is 5.73 Å². The molecule has 0 saturated heterocycles. The third-order valence-corrected chi connectivity index (χ3v) is 2.97. The molecule has 2 N–H and O–H groups in total. The molecule has 1 rings (SSSR count). The molecule has 3 heteroatoms. The van der Waals surface area contributed by atoms with Crippen LogP contribution in [0.1, 0.15) is 40.0 Å². The summed E-state index contributed by atoms with van der Waals surface area (Å²) < 4.78 is 0. The highest BCUT2D eigenvalue weighted by Gasteiger charge is 2.12. The molecule has 0 aliphatic rings. The smallest absolute Gasteiger partial charge is 0.125 e. The molecule has 3 nitrogen and oxygen atoms in total. The van der Waals surface area contributed by atoms with Gasteiger partial charge in [0.15, 0.2) is 0 Å². The Morgan fingerprint density at radius 2 is 2.19 bits per heavy atom. The number of aromatic nitrogens is 1. The quantitative estimate of drug-likeness (QED) is 0.802. The van der Waals surface area contributed by atoms with Gasteiger partial charge in [-0.05, 0) is 25.8 Å². The minimum absolute atomic E-state index is 0.549. The van der Waals surface area contributed by atoms with Gasteiger partial charge in [0, 0.05) is 30.5 Å². The number of nitrogens with two attached hydrogens (primary N) is 1. The van der Waals surface area contributed by atoms with Crippen LogP contribution in [0.15, 0.2) is 18.3 Å². The molecule has 0 amide bonds. The molecule has 0 aliphatic carbocycles. The second kappa shape index (κ2) is 6.36. The fourth-order valence-electron chi connectivity index (χ4n) is 1.77. The lowest BCUT2D eigenvalue weighted by Crippen LogP contribution is -2.33. The van der Waals surface area contributed by atoms with Crippen LogP contribution >= 0.6 is 0 Å². The Morgan fingerprint density at radius 1 is 1.44 bits per heavy atom. The van der Waals surface area contributed by atoms with Crippen molar-refractivity contribution >= 4 is 11.5 Å². The van der Waals surface area contributed by atoms with E-state index in [9.17, 15) is 0 Å². The predicted octanol–water partition coefficient (Wildman–Crippen LogP) is 3.07. The molecule has 0 fully saturated rings. The first-order chi connectivity index (χ1) is 7.69. The summed E-state index contributed by atoms with van der Waals surface area (Å²) in [5.74, 6) is 0.599. The van der Waals surface area contributed by atoms with Crippen LogP contribution in [0.3, 0.4) is 0 Å². The first kappa shape index (κ1) is 12.8.